The Morgan fingerprint density at radius 3 is 2.61 bits per heavy atom. The van der Waals surface area contributed by atoms with E-state index >= 15 is 0 Å². The van der Waals surface area contributed by atoms with Gasteiger partial charge in [0, 0.05) is 25.3 Å². The molecule has 4 rings (SSSR count). The molecule has 1 amide bonds. The Morgan fingerprint density at radius 1 is 1.07 bits per heavy atom. The number of nitrogens with one attached hydrogen (secondary N) is 1. The van der Waals surface area contributed by atoms with Gasteiger partial charge in [0.1, 0.15) is 12.4 Å². The highest BCUT2D eigenvalue weighted by atomic mass is 16.5. The third kappa shape index (κ3) is 4.64. The Balaban J connectivity index is 1.38. The Hall–Kier alpha value is -2.57. The van der Waals surface area contributed by atoms with Gasteiger partial charge in [0.2, 0.25) is 0 Å². The lowest BCUT2D eigenvalue weighted by Crippen LogP contribution is -2.36. The first kappa shape index (κ1) is 18.8. The molecule has 0 unspecified atom stereocenters. The Morgan fingerprint density at radius 2 is 1.86 bits per heavy atom. The minimum atomic E-state index is -0.133. The van der Waals surface area contributed by atoms with E-state index < -0.39 is 0 Å². The van der Waals surface area contributed by atoms with Crippen molar-refractivity contribution in [3.63, 3.8) is 0 Å². The zero-order chi connectivity index (χ0) is 19.2. The molecule has 0 radical (unpaired) electrons. The van der Waals surface area contributed by atoms with Gasteiger partial charge in [0.05, 0.1) is 30.7 Å². The maximum atomic E-state index is 12.7. The fraction of sp³-hybridized carbons (Fsp3) is 0.409. The Kier molecular flexibility index (Phi) is 6.09. The molecule has 6 nitrogen and oxygen atoms in total. The lowest BCUT2D eigenvalue weighted by atomic mass is 10.1. The van der Waals surface area contributed by atoms with Crippen molar-refractivity contribution in [3.05, 3.63) is 54.1 Å². The average molecular weight is 382 g/mol. The molecule has 148 valence electrons. The topological polar surface area (TPSA) is 60.0 Å². The van der Waals surface area contributed by atoms with Crippen LogP contribution in [-0.4, -0.2) is 51.5 Å². The molecule has 2 fully saturated rings. The highest BCUT2D eigenvalue weighted by molar-refractivity contribution is 6.06. The molecule has 0 saturated carbocycles. The van der Waals surface area contributed by atoms with Gasteiger partial charge in [-0.3, -0.25) is 4.79 Å². The van der Waals surface area contributed by atoms with Crippen molar-refractivity contribution in [2.45, 2.75) is 18.9 Å². The number of carbonyl (C=O) groups excluding carboxylic acids is 1. The van der Waals surface area contributed by atoms with Crippen molar-refractivity contribution in [3.8, 4) is 5.75 Å². The number of rotatable bonds is 6. The van der Waals surface area contributed by atoms with Crippen molar-refractivity contribution in [2.75, 3.05) is 49.7 Å². The fourth-order valence-electron chi connectivity index (χ4n) is 3.52. The van der Waals surface area contributed by atoms with Gasteiger partial charge in [0.25, 0.3) is 5.91 Å². The van der Waals surface area contributed by atoms with Gasteiger partial charge in [-0.05, 0) is 49.2 Å². The Bertz CT molecular complexity index is 781. The molecule has 2 aromatic carbocycles. The minimum Gasteiger partial charge on any atom is -0.491 e. The standard InChI is InChI=1S/C22H26N2O4/c25-22(17-7-9-18(10-8-17)28-16-19-4-3-13-27-19)23-20-5-1-2-6-21(20)24-11-14-26-15-12-24/h1-2,5-10,19H,3-4,11-16H2,(H,23,25)/t19-/m1/s1. The molecule has 1 atom stereocenters. The van der Waals surface area contributed by atoms with Crippen molar-refractivity contribution in [1.82, 2.24) is 0 Å². The van der Waals surface area contributed by atoms with E-state index in [0.29, 0.717) is 25.4 Å². The van der Waals surface area contributed by atoms with E-state index in [0.717, 1.165) is 49.7 Å². The summed E-state index contributed by atoms with van der Waals surface area (Å²) in [7, 11) is 0. The predicted molar refractivity (Wildman–Crippen MR) is 108 cm³/mol. The van der Waals surface area contributed by atoms with Crippen LogP contribution in [0.3, 0.4) is 0 Å². The molecule has 6 heteroatoms. The summed E-state index contributed by atoms with van der Waals surface area (Å²) in [5.41, 5.74) is 2.44. The van der Waals surface area contributed by atoms with Crippen LogP contribution >= 0.6 is 0 Å². The average Bonchev–Trinajstić information content (AvgIpc) is 3.27. The molecular formula is C22H26N2O4. The highest BCUT2D eigenvalue weighted by Crippen LogP contribution is 2.27. The van der Waals surface area contributed by atoms with Gasteiger partial charge in [0.15, 0.2) is 0 Å². The van der Waals surface area contributed by atoms with Crippen LogP contribution in [0.4, 0.5) is 11.4 Å². The van der Waals surface area contributed by atoms with Crippen LogP contribution < -0.4 is 15.0 Å². The number of ether oxygens (including phenoxy) is 3. The first-order chi connectivity index (χ1) is 13.8. The largest absolute Gasteiger partial charge is 0.491 e. The first-order valence-electron chi connectivity index (χ1n) is 9.87. The van der Waals surface area contributed by atoms with E-state index in [2.05, 4.69) is 10.2 Å². The van der Waals surface area contributed by atoms with Gasteiger partial charge in [-0.1, -0.05) is 12.1 Å². The molecule has 28 heavy (non-hydrogen) atoms. The maximum absolute atomic E-state index is 12.7. The summed E-state index contributed by atoms with van der Waals surface area (Å²) < 4.78 is 16.8. The zero-order valence-electron chi connectivity index (χ0n) is 15.9. The minimum absolute atomic E-state index is 0.133. The zero-order valence-corrected chi connectivity index (χ0v) is 15.9. The SMILES string of the molecule is O=C(Nc1ccccc1N1CCOCC1)c1ccc(OC[C@H]2CCCO2)cc1. The van der Waals surface area contributed by atoms with Crippen LogP contribution in [0, 0.1) is 0 Å². The summed E-state index contributed by atoms with van der Waals surface area (Å²) in [4.78, 5) is 14.9. The number of anilines is 2. The lowest BCUT2D eigenvalue weighted by Gasteiger charge is -2.30. The van der Waals surface area contributed by atoms with E-state index in [1.165, 1.54) is 0 Å². The van der Waals surface area contributed by atoms with Crippen molar-refractivity contribution in [1.29, 1.82) is 0 Å². The molecule has 1 N–H and O–H groups in total. The number of hydrogen-bond acceptors (Lipinski definition) is 5. The molecule has 0 aliphatic carbocycles. The van der Waals surface area contributed by atoms with E-state index in [-0.39, 0.29) is 12.0 Å². The second kappa shape index (κ2) is 9.08. The molecular weight excluding hydrogens is 356 g/mol. The number of carbonyl (C=O) groups is 1. The van der Waals surface area contributed by atoms with E-state index in [4.69, 9.17) is 14.2 Å². The summed E-state index contributed by atoms with van der Waals surface area (Å²) in [6.07, 6.45) is 2.32. The quantitative estimate of drug-likeness (QED) is 0.830. The van der Waals surface area contributed by atoms with Gasteiger partial charge >= 0.3 is 0 Å². The van der Waals surface area contributed by atoms with Crippen molar-refractivity contribution < 1.29 is 19.0 Å². The van der Waals surface area contributed by atoms with E-state index in [1.807, 2.05) is 36.4 Å². The summed E-state index contributed by atoms with van der Waals surface area (Å²) in [5.74, 6) is 0.618. The molecule has 2 aliphatic rings. The highest BCUT2D eigenvalue weighted by Gasteiger charge is 2.17. The normalized spacial score (nSPS) is 19.4. The van der Waals surface area contributed by atoms with E-state index in [9.17, 15) is 4.79 Å². The molecule has 2 heterocycles. The molecule has 2 aliphatic heterocycles. The second-order valence-electron chi connectivity index (χ2n) is 7.04. The number of benzene rings is 2. The molecule has 2 aromatic rings. The van der Waals surface area contributed by atoms with Gasteiger partial charge < -0.3 is 24.4 Å². The number of hydrogen-bond donors (Lipinski definition) is 1. The maximum Gasteiger partial charge on any atom is 0.255 e. The lowest BCUT2D eigenvalue weighted by molar-refractivity contribution is 0.0679. The number of nitrogens with zero attached hydrogens (tertiary/aromatic N) is 1. The van der Waals surface area contributed by atoms with Gasteiger partial charge in [-0.25, -0.2) is 0 Å². The molecule has 2 saturated heterocycles. The monoisotopic (exact) mass is 382 g/mol. The van der Waals surface area contributed by atoms with Gasteiger partial charge in [-0.15, -0.1) is 0 Å². The summed E-state index contributed by atoms with van der Waals surface area (Å²) in [6.45, 7) is 4.43. The third-order valence-corrected chi connectivity index (χ3v) is 5.08. The smallest absolute Gasteiger partial charge is 0.255 e. The van der Waals surface area contributed by atoms with Gasteiger partial charge in [-0.2, -0.15) is 0 Å². The van der Waals surface area contributed by atoms with E-state index in [1.54, 1.807) is 12.1 Å². The van der Waals surface area contributed by atoms with Crippen LogP contribution in [0.1, 0.15) is 23.2 Å². The molecule has 0 aromatic heterocycles. The van der Waals surface area contributed by atoms with Crippen LogP contribution in [-0.2, 0) is 9.47 Å². The number of amides is 1. The first-order valence-corrected chi connectivity index (χ1v) is 9.87. The number of morpholine rings is 1. The van der Waals surface area contributed by atoms with Crippen LogP contribution in [0.2, 0.25) is 0 Å². The summed E-state index contributed by atoms with van der Waals surface area (Å²) >= 11 is 0. The third-order valence-electron chi connectivity index (χ3n) is 5.08. The predicted octanol–water partition coefficient (Wildman–Crippen LogP) is 3.33. The second-order valence-corrected chi connectivity index (χ2v) is 7.04. The van der Waals surface area contributed by atoms with Crippen LogP contribution in [0.5, 0.6) is 5.75 Å². The van der Waals surface area contributed by atoms with Crippen LogP contribution in [0.25, 0.3) is 0 Å². The molecule has 0 bridgehead atoms. The summed E-state index contributed by atoms with van der Waals surface area (Å²) in [6, 6.07) is 15.1. The fourth-order valence-corrected chi connectivity index (χ4v) is 3.52. The van der Waals surface area contributed by atoms with Crippen LogP contribution in [0.15, 0.2) is 48.5 Å². The van der Waals surface area contributed by atoms with Crippen molar-refractivity contribution >= 4 is 17.3 Å². The summed E-state index contributed by atoms with van der Waals surface area (Å²) in [5, 5.41) is 3.04. The Labute approximate surface area is 165 Å². The van der Waals surface area contributed by atoms with Crippen molar-refractivity contribution in [2.24, 2.45) is 0 Å². The molecule has 0 spiro atoms. The number of para-hydroxylation sites is 2.